The molecule has 0 bridgehead atoms. The van der Waals surface area contributed by atoms with Gasteiger partial charge in [0.15, 0.2) is 11.6 Å². The van der Waals surface area contributed by atoms with Crippen LogP contribution in [0.5, 0.6) is 5.75 Å². The number of rotatable bonds is 5. The van der Waals surface area contributed by atoms with Gasteiger partial charge in [-0.15, -0.1) is 0 Å². The molecule has 1 heterocycles. The molecule has 7 heteroatoms. The van der Waals surface area contributed by atoms with Crippen molar-refractivity contribution in [2.24, 2.45) is 5.84 Å². The van der Waals surface area contributed by atoms with Gasteiger partial charge < -0.3 is 4.74 Å². The van der Waals surface area contributed by atoms with E-state index in [4.69, 9.17) is 10.6 Å². The van der Waals surface area contributed by atoms with Crippen LogP contribution in [0.4, 0.5) is 4.39 Å². The molecule has 18 heavy (non-hydrogen) atoms. The van der Waals surface area contributed by atoms with Gasteiger partial charge in [0.05, 0.1) is 36.8 Å². The quantitative estimate of drug-likeness (QED) is 0.634. The molecular weight excluding hydrogens is 255 g/mol. The molecule has 0 fully saturated rings. The van der Waals surface area contributed by atoms with E-state index >= 15 is 0 Å². The lowest BCUT2D eigenvalue weighted by molar-refractivity contribution is 0.386. The second-order valence-corrected chi connectivity index (χ2v) is 4.28. The minimum absolute atomic E-state index is 0.184. The van der Waals surface area contributed by atoms with Crippen molar-refractivity contribution in [2.75, 3.05) is 7.11 Å². The van der Waals surface area contributed by atoms with Crippen molar-refractivity contribution in [3.05, 3.63) is 41.5 Å². The van der Waals surface area contributed by atoms with Crippen LogP contribution in [0.2, 0.25) is 0 Å². The summed E-state index contributed by atoms with van der Waals surface area (Å²) in [5.74, 6) is 5.32. The van der Waals surface area contributed by atoms with Crippen LogP contribution in [0, 0.1) is 5.82 Å². The Balaban J connectivity index is 2.15. The number of hydrazine groups is 1. The molecular formula is C11H13FN4OS. The molecule has 0 radical (unpaired) electrons. The van der Waals surface area contributed by atoms with Crippen molar-refractivity contribution in [2.45, 2.75) is 12.5 Å². The average molecular weight is 268 g/mol. The highest BCUT2D eigenvalue weighted by atomic mass is 32.1. The summed E-state index contributed by atoms with van der Waals surface area (Å²) in [6.07, 6.45) is 2.18. The second kappa shape index (κ2) is 5.85. The normalized spacial score (nSPS) is 12.4. The fraction of sp³-hybridized carbons (Fsp3) is 0.273. The number of ether oxygens (including phenoxy) is 1. The molecule has 0 saturated carbocycles. The Kier molecular flexibility index (Phi) is 4.19. The van der Waals surface area contributed by atoms with Crippen molar-refractivity contribution < 1.29 is 9.13 Å². The van der Waals surface area contributed by atoms with E-state index in [9.17, 15) is 4.39 Å². The van der Waals surface area contributed by atoms with Crippen LogP contribution >= 0.6 is 11.7 Å². The topological polar surface area (TPSA) is 73.1 Å². The Bertz CT molecular complexity index is 506. The highest BCUT2D eigenvalue weighted by Gasteiger charge is 2.14. The number of nitrogens with one attached hydrogen (secondary N) is 1. The number of nitrogens with zero attached hydrogens (tertiary/aromatic N) is 2. The van der Waals surface area contributed by atoms with E-state index in [2.05, 4.69) is 14.2 Å². The van der Waals surface area contributed by atoms with Crippen molar-refractivity contribution in [3.8, 4) is 5.75 Å². The smallest absolute Gasteiger partial charge is 0.165 e. The zero-order valence-electron chi connectivity index (χ0n) is 9.76. The molecule has 2 aromatic rings. The monoisotopic (exact) mass is 268 g/mol. The van der Waals surface area contributed by atoms with E-state index in [1.165, 1.54) is 13.2 Å². The first-order chi connectivity index (χ1) is 8.74. The van der Waals surface area contributed by atoms with E-state index < -0.39 is 0 Å². The van der Waals surface area contributed by atoms with E-state index in [1.807, 2.05) is 0 Å². The zero-order chi connectivity index (χ0) is 13.0. The van der Waals surface area contributed by atoms with E-state index in [0.717, 1.165) is 23.0 Å². The average Bonchev–Trinajstić information content (AvgIpc) is 2.90. The molecule has 1 unspecified atom stereocenters. The van der Waals surface area contributed by atoms with Gasteiger partial charge >= 0.3 is 0 Å². The Labute approximate surface area is 108 Å². The van der Waals surface area contributed by atoms with Gasteiger partial charge in [-0.2, -0.15) is 8.75 Å². The summed E-state index contributed by atoms with van der Waals surface area (Å²) >= 11 is 1.11. The summed E-state index contributed by atoms with van der Waals surface area (Å²) in [6.45, 7) is 0. The second-order valence-electron chi connectivity index (χ2n) is 3.72. The molecule has 0 amide bonds. The summed E-state index contributed by atoms with van der Waals surface area (Å²) in [6, 6.07) is 4.64. The van der Waals surface area contributed by atoms with Crippen LogP contribution in [-0.4, -0.2) is 15.9 Å². The van der Waals surface area contributed by atoms with Crippen molar-refractivity contribution in [1.29, 1.82) is 0 Å². The molecule has 96 valence electrons. The Hall–Kier alpha value is -1.57. The van der Waals surface area contributed by atoms with Crippen LogP contribution < -0.4 is 16.0 Å². The van der Waals surface area contributed by atoms with Gasteiger partial charge in [-0.1, -0.05) is 6.07 Å². The van der Waals surface area contributed by atoms with Gasteiger partial charge in [-0.25, -0.2) is 4.39 Å². The summed E-state index contributed by atoms with van der Waals surface area (Å²) in [5.41, 5.74) is 4.21. The van der Waals surface area contributed by atoms with Crippen LogP contribution in [-0.2, 0) is 6.42 Å². The number of halogens is 1. The van der Waals surface area contributed by atoms with Gasteiger partial charge in [0.1, 0.15) is 0 Å². The molecule has 0 aliphatic rings. The summed E-state index contributed by atoms with van der Waals surface area (Å²) in [7, 11) is 1.43. The summed E-state index contributed by atoms with van der Waals surface area (Å²) in [5, 5.41) is 0. The molecule has 0 aliphatic heterocycles. The molecule has 1 atom stereocenters. The Morgan fingerprint density at radius 2 is 2.39 bits per heavy atom. The van der Waals surface area contributed by atoms with Gasteiger partial charge in [-0.05, 0) is 24.1 Å². The molecule has 2 rings (SSSR count). The van der Waals surface area contributed by atoms with Gasteiger partial charge in [0.25, 0.3) is 0 Å². The number of benzene rings is 1. The number of aromatic nitrogens is 2. The third-order valence-electron chi connectivity index (χ3n) is 2.59. The number of nitrogens with two attached hydrogens (primary N) is 1. The molecule has 5 nitrogen and oxygen atoms in total. The maximum atomic E-state index is 13.5. The van der Waals surface area contributed by atoms with Gasteiger partial charge in [0.2, 0.25) is 0 Å². The van der Waals surface area contributed by atoms with Crippen LogP contribution in [0.25, 0.3) is 0 Å². The SMILES string of the molecule is COc1ccc(CC(NN)c2cnsn2)cc1F. The molecule has 1 aromatic carbocycles. The fourth-order valence-corrected chi connectivity index (χ4v) is 2.12. The Morgan fingerprint density at radius 3 is 2.94 bits per heavy atom. The maximum absolute atomic E-state index is 13.5. The highest BCUT2D eigenvalue weighted by molar-refractivity contribution is 6.99. The third kappa shape index (κ3) is 2.81. The van der Waals surface area contributed by atoms with E-state index in [0.29, 0.717) is 6.42 Å². The first-order valence-corrected chi connectivity index (χ1v) is 6.03. The lowest BCUT2D eigenvalue weighted by atomic mass is 10.0. The molecule has 0 spiro atoms. The maximum Gasteiger partial charge on any atom is 0.165 e. The first-order valence-electron chi connectivity index (χ1n) is 5.30. The largest absolute Gasteiger partial charge is 0.494 e. The predicted molar refractivity (Wildman–Crippen MR) is 66.6 cm³/mol. The molecule has 1 aromatic heterocycles. The molecule has 0 saturated heterocycles. The van der Waals surface area contributed by atoms with Gasteiger partial charge in [0, 0.05) is 0 Å². The van der Waals surface area contributed by atoms with Crippen LogP contribution in [0.3, 0.4) is 0 Å². The standard InChI is InChI=1S/C11H13FN4OS/c1-17-11-3-2-7(4-8(11)12)5-9(15-13)10-6-14-18-16-10/h2-4,6,9,15H,5,13H2,1H3. The number of hydrogen-bond donors (Lipinski definition) is 2. The molecule has 0 aliphatic carbocycles. The van der Waals surface area contributed by atoms with Crippen molar-refractivity contribution >= 4 is 11.7 Å². The van der Waals surface area contributed by atoms with E-state index in [-0.39, 0.29) is 17.6 Å². The van der Waals surface area contributed by atoms with Crippen molar-refractivity contribution in [1.82, 2.24) is 14.2 Å². The highest BCUT2D eigenvalue weighted by Crippen LogP contribution is 2.21. The lowest BCUT2D eigenvalue weighted by Gasteiger charge is -2.13. The Morgan fingerprint density at radius 1 is 1.56 bits per heavy atom. The zero-order valence-corrected chi connectivity index (χ0v) is 10.6. The summed E-state index contributed by atoms with van der Waals surface area (Å²) < 4.78 is 26.4. The third-order valence-corrected chi connectivity index (χ3v) is 3.08. The molecule has 3 N–H and O–H groups in total. The lowest BCUT2D eigenvalue weighted by Crippen LogP contribution is -2.29. The number of methoxy groups -OCH3 is 1. The van der Waals surface area contributed by atoms with Crippen LogP contribution in [0.1, 0.15) is 17.3 Å². The number of hydrogen-bond acceptors (Lipinski definition) is 6. The minimum Gasteiger partial charge on any atom is -0.494 e. The summed E-state index contributed by atoms with van der Waals surface area (Å²) in [4.78, 5) is 0. The van der Waals surface area contributed by atoms with Crippen LogP contribution in [0.15, 0.2) is 24.4 Å². The predicted octanol–water partition coefficient (Wildman–Crippen LogP) is 1.43. The van der Waals surface area contributed by atoms with Gasteiger partial charge in [-0.3, -0.25) is 11.3 Å². The first kappa shape index (κ1) is 12.9. The van der Waals surface area contributed by atoms with E-state index in [1.54, 1.807) is 18.3 Å². The minimum atomic E-state index is -0.387. The fourth-order valence-electron chi connectivity index (χ4n) is 1.65. The van der Waals surface area contributed by atoms with Crippen molar-refractivity contribution in [3.63, 3.8) is 0 Å².